The van der Waals surface area contributed by atoms with Crippen LogP contribution in [0, 0.1) is 13.8 Å². The Labute approximate surface area is 243 Å². The van der Waals surface area contributed by atoms with Gasteiger partial charge in [0, 0.05) is 12.6 Å². The van der Waals surface area contributed by atoms with Gasteiger partial charge in [0.2, 0.25) is 11.8 Å². The number of methoxy groups -OCH3 is 1. The number of ether oxygens (including phenoxy) is 1. The molecule has 0 heterocycles. The van der Waals surface area contributed by atoms with Crippen LogP contribution in [0.25, 0.3) is 0 Å². The van der Waals surface area contributed by atoms with E-state index in [1.807, 2.05) is 38.1 Å². The van der Waals surface area contributed by atoms with Crippen molar-refractivity contribution < 1.29 is 22.7 Å². The molecule has 4 rings (SSSR count). The van der Waals surface area contributed by atoms with Crippen molar-refractivity contribution in [2.24, 2.45) is 0 Å². The van der Waals surface area contributed by atoms with Gasteiger partial charge in [-0.05, 0) is 81.1 Å². The van der Waals surface area contributed by atoms with Crippen molar-refractivity contribution in [2.75, 3.05) is 18.0 Å². The minimum atomic E-state index is -4.14. The van der Waals surface area contributed by atoms with Gasteiger partial charge in [0.15, 0.2) is 0 Å². The van der Waals surface area contributed by atoms with E-state index in [4.69, 9.17) is 4.74 Å². The van der Waals surface area contributed by atoms with Gasteiger partial charge in [-0.2, -0.15) is 0 Å². The monoisotopic (exact) mass is 577 g/mol. The second-order valence-electron chi connectivity index (χ2n) is 10.6. The largest absolute Gasteiger partial charge is 0.497 e. The summed E-state index contributed by atoms with van der Waals surface area (Å²) in [7, 11) is -2.63. The molecular formula is C32H39N3O5S. The number of nitrogens with one attached hydrogen (secondary N) is 1. The molecule has 2 amide bonds. The Morgan fingerprint density at radius 3 is 2.20 bits per heavy atom. The quantitative estimate of drug-likeness (QED) is 0.347. The van der Waals surface area contributed by atoms with Crippen LogP contribution in [0.5, 0.6) is 5.75 Å². The Morgan fingerprint density at radius 1 is 0.951 bits per heavy atom. The van der Waals surface area contributed by atoms with Gasteiger partial charge in [0.1, 0.15) is 18.3 Å². The summed E-state index contributed by atoms with van der Waals surface area (Å²) < 4.78 is 34.2. The van der Waals surface area contributed by atoms with Crippen molar-refractivity contribution in [1.82, 2.24) is 10.2 Å². The number of nitrogens with zero attached hydrogens (tertiary/aromatic N) is 2. The highest BCUT2D eigenvalue weighted by Crippen LogP contribution is 2.27. The van der Waals surface area contributed by atoms with Gasteiger partial charge < -0.3 is 15.0 Å². The first-order valence-electron chi connectivity index (χ1n) is 14.0. The van der Waals surface area contributed by atoms with Crippen LogP contribution in [-0.2, 0) is 26.2 Å². The zero-order chi connectivity index (χ0) is 29.6. The number of benzene rings is 3. The molecule has 8 nitrogen and oxygen atoms in total. The Kier molecular flexibility index (Phi) is 9.70. The number of rotatable bonds is 11. The van der Waals surface area contributed by atoms with Gasteiger partial charge >= 0.3 is 0 Å². The first-order valence-corrected chi connectivity index (χ1v) is 15.4. The van der Waals surface area contributed by atoms with Crippen LogP contribution in [0.2, 0.25) is 0 Å². The molecule has 3 aromatic rings. The molecule has 0 aromatic heterocycles. The van der Waals surface area contributed by atoms with E-state index in [1.165, 1.54) is 24.1 Å². The van der Waals surface area contributed by atoms with Crippen molar-refractivity contribution >= 4 is 27.5 Å². The Balaban J connectivity index is 1.69. The van der Waals surface area contributed by atoms with Gasteiger partial charge in [-0.3, -0.25) is 13.9 Å². The van der Waals surface area contributed by atoms with Crippen LogP contribution in [0.4, 0.5) is 5.69 Å². The minimum Gasteiger partial charge on any atom is -0.497 e. The third-order valence-electron chi connectivity index (χ3n) is 7.72. The van der Waals surface area contributed by atoms with Crippen molar-refractivity contribution in [3.8, 4) is 5.75 Å². The fourth-order valence-electron chi connectivity index (χ4n) is 5.06. The smallest absolute Gasteiger partial charge is 0.264 e. The molecule has 218 valence electrons. The predicted molar refractivity (Wildman–Crippen MR) is 160 cm³/mol. The fraction of sp³-hybridized carbons (Fsp3) is 0.375. The number of carbonyl (C=O) groups is 2. The summed E-state index contributed by atoms with van der Waals surface area (Å²) in [5.74, 6) is -0.188. The molecule has 1 fully saturated rings. The Morgan fingerprint density at radius 2 is 1.59 bits per heavy atom. The van der Waals surface area contributed by atoms with E-state index in [0.717, 1.165) is 46.7 Å². The fourth-order valence-corrected chi connectivity index (χ4v) is 6.47. The van der Waals surface area contributed by atoms with Gasteiger partial charge in [0.05, 0.1) is 17.7 Å². The minimum absolute atomic E-state index is 0.0316. The number of sulfonamides is 1. The summed E-state index contributed by atoms with van der Waals surface area (Å²) in [6, 6.07) is 20.0. The second-order valence-corrected chi connectivity index (χ2v) is 12.5. The molecule has 0 unspecified atom stereocenters. The van der Waals surface area contributed by atoms with Crippen molar-refractivity contribution in [2.45, 2.75) is 70.0 Å². The zero-order valence-electron chi connectivity index (χ0n) is 24.2. The number of carbonyl (C=O) groups excluding carboxylic acids is 2. The second kappa shape index (κ2) is 13.2. The number of anilines is 1. The van der Waals surface area contributed by atoms with Crippen LogP contribution < -0.4 is 14.4 Å². The maximum Gasteiger partial charge on any atom is 0.264 e. The molecule has 1 aliphatic carbocycles. The highest BCUT2D eigenvalue weighted by atomic mass is 32.2. The number of hydrogen-bond donors (Lipinski definition) is 1. The molecule has 3 aromatic carbocycles. The van der Waals surface area contributed by atoms with Gasteiger partial charge in [-0.1, -0.05) is 54.8 Å². The number of hydrogen-bond acceptors (Lipinski definition) is 5. The first-order chi connectivity index (χ1) is 19.6. The normalized spacial score (nSPS) is 14.3. The standard InChI is InChI=1S/C32H39N3O5S/c1-23-13-15-28(16-14-23)35(41(38,39)30-19-17-29(40-4)18-20-30)22-31(36)34(21-26-10-6-5-9-24(26)2)25(3)32(37)33-27-11-7-8-12-27/h5-6,9-10,13-20,25,27H,7-8,11-12,21-22H2,1-4H3,(H,33,37)/t25-/m0/s1. The van der Waals surface area contributed by atoms with Gasteiger partial charge in [-0.25, -0.2) is 8.42 Å². The van der Waals surface area contributed by atoms with Gasteiger partial charge in [-0.15, -0.1) is 0 Å². The Hall–Kier alpha value is -3.85. The molecule has 1 saturated carbocycles. The van der Waals surface area contributed by atoms with E-state index < -0.39 is 28.5 Å². The molecule has 0 spiro atoms. The van der Waals surface area contributed by atoms with E-state index in [2.05, 4.69) is 5.32 Å². The lowest BCUT2D eigenvalue weighted by molar-refractivity contribution is -0.139. The molecule has 1 atom stereocenters. The van der Waals surface area contributed by atoms with Crippen LogP contribution in [-0.4, -0.2) is 50.9 Å². The molecule has 1 N–H and O–H groups in total. The van der Waals surface area contributed by atoms with Crippen LogP contribution in [0.3, 0.4) is 0 Å². The summed E-state index contributed by atoms with van der Waals surface area (Å²) in [6.07, 6.45) is 3.98. The van der Waals surface area contributed by atoms with Gasteiger partial charge in [0.25, 0.3) is 10.0 Å². The molecule has 9 heteroatoms. The third kappa shape index (κ3) is 7.27. The SMILES string of the molecule is COc1ccc(S(=O)(=O)N(CC(=O)N(Cc2ccccc2C)[C@@H](C)C(=O)NC2CCCC2)c2ccc(C)cc2)cc1. The topological polar surface area (TPSA) is 96.0 Å². The molecule has 1 aliphatic rings. The van der Waals surface area contributed by atoms with E-state index in [9.17, 15) is 18.0 Å². The summed E-state index contributed by atoms with van der Waals surface area (Å²) in [4.78, 5) is 28.9. The number of amides is 2. The lowest BCUT2D eigenvalue weighted by Gasteiger charge is -2.33. The summed E-state index contributed by atoms with van der Waals surface area (Å²) in [6.45, 7) is 5.27. The van der Waals surface area contributed by atoms with E-state index >= 15 is 0 Å². The first kappa shape index (κ1) is 30.1. The van der Waals surface area contributed by atoms with Crippen molar-refractivity contribution in [3.05, 3.63) is 89.5 Å². The van der Waals surface area contributed by atoms with E-state index in [-0.39, 0.29) is 23.4 Å². The highest BCUT2D eigenvalue weighted by molar-refractivity contribution is 7.92. The van der Waals surface area contributed by atoms with E-state index in [0.29, 0.717) is 11.4 Å². The van der Waals surface area contributed by atoms with Crippen molar-refractivity contribution in [3.63, 3.8) is 0 Å². The lowest BCUT2D eigenvalue weighted by atomic mass is 10.1. The molecule has 41 heavy (non-hydrogen) atoms. The van der Waals surface area contributed by atoms with Crippen LogP contribution >= 0.6 is 0 Å². The molecule has 0 bridgehead atoms. The molecule has 0 saturated heterocycles. The summed E-state index contributed by atoms with van der Waals surface area (Å²) in [5.41, 5.74) is 3.19. The highest BCUT2D eigenvalue weighted by Gasteiger charge is 2.33. The van der Waals surface area contributed by atoms with Crippen molar-refractivity contribution in [1.29, 1.82) is 0 Å². The van der Waals surface area contributed by atoms with Crippen LogP contribution in [0.1, 0.15) is 49.3 Å². The molecular weight excluding hydrogens is 538 g/mol. The maximum absolute atomic E-state index is 14.1. The van der Waals surface area contributed by atoms with Crippen LogP contribution in [0.15, 0.2) is 77.7 Å². The summed E-state index contributed by atoms with van der Waals surface area (Å²) >= 11 is 0. The average Bonchev–Trinajstić information content (AvgIpc) is 3.48. The zero-order valence-corrected chi connectivity index (χ0v) is 25.0. The summed E-state index contributed by atoms with van der Waals surface area (Å²) in [5, 5.41) is 3.10. The third-order valence-corrected chi connectivity index (χ3v) is 9.51. The number of aryl methyl sites for hydroxylation is 2. The maximum atomic E-state index is 14.1. The average molecular weight is 578 g/mol. The predicted octanol–water partition coefficient (Wildman–Crippen LogP) is 4.98. The molecule has 0 radical (unpaired) electrons. The van der Waals surface area contributed by atoms with E-state index in [1.54, 1.807) is 43.3 Å². The molecule has 0 aliphatic heterocycles. The Bertz CT molecular complexity index is 1450. The lowest BCUT2D eigenvalue weighted by Crippen LogP contribution is -2.52.